The molecule has 4 heteroatoms. The van der Waals surface area contributed by atoms with Crippen LogP contribution in [0.5, 0.6) is 0 Å². The molecule has 0 saturated heterocycles. The highest BCUT2D eigenvalue weighted by atomic mass is 35.5. The van der Waals surface area contributed by atoms with Crippen LogP contribution < -0.4 is 11.5 Å². The summed E-state index contributed by atoms with van der Waals surface area (Å²) in [5.74, 6) is 2.22. The Balaban J connectivity index is 1.68. The highest BCUT2D eigenvalue weighted by Crippen LogP contribution is 2.61. The van der Waals surface area contributed by atoms with Gasteiger partial charge in [-0.15, -0.1) is 0 Å². The molecule has 4 aliphatic carbocycles. The molecule has 4 N–H and O–H groups in total. The molecule has 1 aromatic rings. The molecule has 22 heavy (non-hydrogen) atoms. The van der Waals surface area contributed by atoms with Crippen molar-refractivity contribution in [3.8, 4) is 0 Å². The van der Waals surface area contributed by atoms with Crippen LogP contribution in [0.3, 0.4) is 0 Å². The molecule has 0 unspecified atom stereocenters. The molecule has 1 amide bonds. The fraction of sp³-hybridized carbons (Fsp3) is 0.611. The van der Waals surface area contributed by atoms with E-state index in [1.54, 1.807) is 6.07 Å². The molecular weight excluding hydrogens is 296 g/mol. The van der Waals surface area contributed by atoms with Gasteiger partial charge in [0.25, 0.3) is 5.91 Å². The second-order valence-electron chi connectivity index (χ2n) is 7.98. The number of nitrogens with two attached hydrogens (primary N) is 2. The van der Waals surface area contributed by atoms with Crippen molar-refractivity contribution < 1.29 is 4.79 Å². The Morgan fingerprint density at radius 1 is 1.14 bits per heavy atom. The van der Waals surface area contributed by atoms with Gasteiger partial charge in [0.2, 0.25) is 0 Å². The summed E-state index contributed by atoms with van der Waals surface area (Å²) in [7, 11) is 0. The third kappa shape index (κ3) is 2.30. The zero-order valence-corrected chi connectivity index (χ0v) is 13.5. The van der Waals surface area contributed by atoms with Crippen LogP contribution in [-0.2, 0) is 6.42 Å². The zero-order valence-electron chi connectivity index (χ0n) is 12.8. The molecule has 4 fully saturated rings. The summed E-state index contributed by atoms with van der Waals surface area (Å²) in [6.07, 6.45) is 9.18. The van der Waals surface area contributed by atoms with Crippen LogP contribution >= 0.6 is 11.6 Å². The van der Waals surface area contributed by atoms with Gasteiger partial charge in [-0.3, -0.25) is 4.79 Å². The number of rotatable bonds is 3. The van der Waals surface area contributed by atoms with E-state index in [0.717, 1.165) is 29.7 Å². The first-order valence-corrected chi connectivity index (χ1v) is 8.70. The largest absolute Gasteiger partial charge is 0.398 e. The quantitative estimate of drug-likeness (QED) is 0.833. The van der Waals surface area contributed by atoms with E-state index >= 15 is 0 Å². The monoisotopic (exact) mass is 318 g/mol. The minimum absolute atomic E-state index is 0.368. The maximum atomic E-state index is 11.6. The number of carbonyl (C=O) groups excluding carboxylic acids is 1. The van der Waals surface area contributed by atoms with E-state index in [4.69, 9.17) is 23.1 Å². The van der Waals surface area contributed by atoms with Gasteiger partial charge >= 0.3 is 0 Å². The molecule has 0 aromatic heterocycles. The van der Waals surface area contributed by atoms with E-state index in [1.807, 2.05) is 6.07 Å². The van der Waals surface area contributed by atoms with Gasteiger partial charge in [-0.05, 0) is 85.8 Å². The first-order chi connectivity index (χ1) is 10.4. The van der Waals surface area contributed by atoms with Crippen LogP contribution in [0.2, 0.25) is 5.02 Å². The number of hydrogen-bond donors (Lipinski definition) is 2. The zero-order chi connectivity index (χ0) is 15.5. The van der Waals surface area contributed by atoms with Crippen LogP contribution in [0.15, 0.2) is 12.1 Å². The molecule has 0 atom stereocenters. The van der Waals surface area contributed by atoms with Crippen molar-refractivity contribution in [3.63, 3.8) is 0 Å². The second-order valence-corrected chi connectivity index (χ2v) is 8.42. The third-order valence-electron chi connectivity index (χ3n) is 6.23. The molecule has 3 nitrogen and oxygen atoms in total. The summed E-state index contributed by atoms with van der Waals surface area (Å²) >= 11 is 6.19. The number of hydrogen-bond acceptors (Lipinski definition) is 2. The predicted molar refractivity (Wildman–Crippen MR) is 88.7 cm³/mol. The van der Waals surface area contributed by atoms with Crippen molar-refractivity contribution in [1.82, 2.24) is 0 Å². The summed E-state index contributed by atoms with van der Waals surface area (Å²) in [5.41, 5.74) is 14.0. The van der Waals surface area contributed by atoms with Crippen LogP contribution in [0, 0.1) is 23.2 Å². The lowest BCUT2D eigenvalue weighted by Crippen LogP contribution is -2.47. The van der Waals surface area contributed by atoms with Crippen molar-refractivity contribution in [3.05, 3.63) is 28.3 Å². The smallest absolute Gasteiger partial charge is 0.250 e. The van der Waals surface area contributed by atoms with E-state index in [2.05, 4.69) is 0 Å². The molecule has 1 aromatic carbocycles. The topological polar surface area (TPSA) is 69.1 Å². The van der Waals surface area contributed by atoms with Gasteiger partial charge < -0.3 is 11.5 Å². The molecule has 118 valence electrons. The minimum atomic E-state index is -0.494. The molecule has 4 saturated carbocycles. The molecule has 4 aliphatic rings. The molecule has 0 heterocycles. The predicted octanol–water partition coefficient (Wildman–Crippen LogP) is 3.78. The average Bonchev–Trinajstić information content (AvgIpc) is 2.40. The van der Waals surface area contributed by atoms with Gasteiger partial charge in [0.15, 0.2) is 0 Å². The summed E-state index contributed by atoms with van der Waals surface area (Å²) < 4.78 is 0. The Morgan fingerprint density at radius 3 is 2.18 bits per heavy atom. The molecule has 0 spiro atoms. The van der Waals surface area contributed by atoms with E-state index in [9.17, 15) is 4.79 Å². The van der Waals surface area contributed by atoms with Crippen molar-refractivity contribution in [2.45, 2.75) is 44.9 Å². The Labute approximate surface area is 136 Å². The van der Waals surface area contributed by atoms with Gasteiger partial charge in [-0.1, -0.05) is 11.6 Å². The molecular formula is C18H23ClN2O. The maximum Gasteiger partial charge on any atom is 0.250 e. The minimum Gasteiger partial charge on any atom is -0.398 e. The number of carbonyl (C=O) groups is 1. The first-order valence-electron chi connectivity index (χ1n) is 8.32. The summed E-state index contributed by atoms with van der Waals surface area (Å²) in [6.45, 7) is 0. The highest BCUT2D eigenvalue weighted by molar-refractivity contribution is 6.31. The summed E-state index contributed by atoms with van der Waals surface area (Å²) in [5, 5.41) is 0.558. The van der Waals surface area contributed by atoms with E-state index < -0.39 is 5.91 Å². The van der Waals surface area contributed by atoms with Crippen molar-refractivity contribution in [2.24, 2.45) is 28.9 Å². The molecule has 0 radical (unpaired) electrons. The van der Waals surface area contributed by atoms with Crippen molar-refractivity contribution >= 4 is 23.2 Å². The van der Waals surface area contributed by atoms with Crippen LogP contribution in [0.4, 0.5) is 5.69 Å². The lowest BCUT2D eigenvalue weighted by Gasteiger charge is -2.57. The standard InChI is InChI=1S/C18H23ClN2O/c19-14-4-13(16(20)15(5-14)17(21)22)9-18-6-10-1-11(7-18)3-12(2-10)8-18/h4-5,10-12H,1-3,6-9,20H2,(H2,21,22). The summed E-state index contributed by atoms with van der Waals surface area (Å²) in [4.78, 5) is 11.6. The van der Waals surface area contributed by atoms with Crippen LogP contribution in [0.1, 0.15) is 54.4 Å². The number of halogens is 1. The normalized spacial score (nSPS) is 35.8. The maximum absolute atomic E-state index is 11.6. The van der Waals surface area contributed by atoms with Gasteiger partial charge in [0.1, 0.15) is 0 Å². The van der Waals surface area contributed by atoms with Crippen molar-refractivity contribution in [2.75, 3.05) is 5.73 Å². The molecule has 5 rings (SSSR count). The van der Waals surface area contributed by atoms with Crippen molar-refractivity contribution in [1.29, 1.82) is 0 Å². The lowest BCUT2D eigenvalue weighted by atomic mass is 9.48. The third-order valence-corrected chi connectivity index (χ3v) is 6.44. The lowest BCUT2D eigenvalue weighted by molar-refractivity contribution is -0.0521. The van der Waals surface area contributed by atoms with Gasteiger partial charge in [-0.2, -0.15) is 0 Å². The average molecular weight is 319 g/mol. The number of amides is 1. The van der Waals surface area contributed by atoms with Gasteiger partial charge in [0, 0.05) is 10.7 Å². The number of benzene rings is 1. The fourth-order valence-corrected chi connectivity index (χ4v) is 6.18. The molecule has 0 aliphatic heterocycles. The SMILES string of the molecule is NC(=O)c1cc(Cl)cc(CC23CC4CC(CC(C4)C2)C3)c1N. The number of primary amides is 1. The van der Waals surface area contributed by atoms with E-state index in [0.29, 0.717) is 21.7 Å². The van der Waals surface area contributed by atoms with E-state index in [-0.39, 0.29) is 0 Å². The highest BCUT2D eigenvalue weighted by Gasteiger charge is 2.50. The Hall–Kier alpha value is -1.22. The number of nitrogen functional groups attached to an aromatic ring is 1. The number of anilines is 1. The van der Waals surface area contributed by atoms with Gasteiger partial charge in [0.05, 0.1) is 5.56 Å². The first kappa shape index (κ1) is 14.4. The Kier molecular flexibility index (Phi) is 3.19. The van der Waals surface area contributed by atoms with Gasteiger partial charge in [-0.25, -0.2) is 0 Å². The molecule has 4 bridgehead atoms. The fourth-order valence-electron chi connectivity index (χ4n) is 5.94. The van der Waals surface area contributed by atoms with Crippen LogP contribution in [-0.4, -0.2) is 5.91 Å². The Morgan fingerprint density at radius 2 is 1.68 bits per heavy atom. The van der Waals surface area contributed by atoms with Crippen LogP contribution in [0.25, 0.3) is 0 Å². The van der Waals surface area contributed by atoms with E-state index in [1.165, 1.54) is 38.5 Å². The Bertz CT molecular complexity index is 605. The summed E-state index contributed by atoms with van der Waals surface area (Å²) in [6, 6.07) is 3.52. The second kappa shape index (κ2) is 4.89.